The third-order valence-electron chi connectivity index (χ3n) is 1.51. The molecule has 0 spiro atoms. The van der Waals surface area contributed by atoms with Gasteiger partial charge in [-0.05, 0) is 11.6 Å². The molecule has 1 aromatic rings. The molecule has 0 fully saturated rings. The van der Waals surface area contributed by atoms with Gasteiger partial charge in [0.1, 0.15) is 0 Å². The van der Waals surface area contributed by atoms with Crippen molar-refractivity contribution in [1.29, 1.82) is 0 Å². The molecule has 0 aliphatic heterocycles. The van der Waals surface area contributed by atoms with Crippen LogP contribution in [-0.4, -0.2) is 11.1 Å². The minimum absolute atomic E-state index is 0. The summed E-state index contributed by atoms with van der Waals surface area (Å²) in [5.41, 5.74) is 3.78. The minimum atomic E-state index is -0.863. The van der Waals surface area contributed by atoms with Gasteiger partial charge in [-0.15, -0.1) is 12.4 Å². The van der Waals surface area contributed by atoms with Crippen molar-refractivity contribution in [2.45, 2.75) is 6.42 Å². The Labute approximate surface area is 82.1 Å². The van der Waals surface area contributed by atoms with Crippen molar-refractivity contribution in [3.8, 4) is 0 Å². The Balaban J connectivity index is 0.00000144. The molecule has 72 valence electrons. The van der Waals surface area contributed by atoms with E-state index in [1.165, 1.54) is 0 Å². The first-order valence-electron chi connectivity index (χ1n) is 3.50. The second kappa shape index (κ2) is 5.40. The van der Waals surface area contributed by atoms with Gasteiger partial charge in [-0.2, -0.15) is 0 Å². The average Bonchev–Trinajstić information content (AvgIpc) is 2.04. The monoisotopic (exact) mass is 202 g/mol. The van der Waals surface area contributed by atoms with Crippen molar-refractivity contribution in [2.24, 2.45) is 5.84 Å². The van der Waals surface area contributed by atoms with Gasteiger partial charge >= 0.3 is 5.97 Å². The second-order valence-electron chi connectivity index (χ2n) is 2.37. The van der Waals surface area contributed by atoms with Gasteiger partial charge in [0.05, 0.1) is 12.1 Å². The van der Waals surface area contributed by atoms with Crippen molar-refractivity contribution in [1.82, 2.24) is 0 Å². The molecule has 0 saturated carbocycles. The van der Waals surface area contributed by atoms with Gasteiger partial charge < -0.3 is 10.5 Å². The number of benzene rings is 1. The van der Waals surface area contributed by atoms with E-state index >= 15 is 0 Å². The Kier molecular flexibility index (Phi) is 4.87. The van der Waals surface area contributed by atoms with Crippen LogP contribution in [0.4, 0.5) is 5.69 Å². The number of carboxylic acid groups (broad SMARTS) is 1. The summed E-state index contributed by atoms with van der Waals surface area (Å²) in [4.78, 5) is 10.4. The molecular weight excluding hydrogens is 192 g/mol. The molecule has 1 aromatic carbocycles. The lowest BCUT2D eigenvalue weighted by molar-refractivity contribution is -0.136. The highest BCUT2D eigenvalue weighted by atomic mass is 35.5. The Hall–Kier alpha value is -1.26. The zero-order chi connectivity index (χ0) is 8.97. The summed E-state index contributed by atoms with van der Waals surface area (Å²) < 4.78 is 0. The summed E-state index contributed by atoms with van der Waals surface area (Å²) in [5.74, 6) is 4.32. The van der Waals surface area contributed by atoms with Crippen molar-refractivity contribution in [2.75, 3.05) is 5.43 Å². The number of hydrazine groups is 1. The largest absolute Gasteiger partial charge is 0.481 e. The second-order valence-corrected chi connectivity index (χ2v) is 2.37. The van der Waals surface area contributed by atoms with E-state index in [4.69, 9.17) is 10.9 Å². The normalized spacial score (nSPS) is 8.69. The van der Waals surface area contributed by atoms with Crippen LogP contribution in [0.25, 0.3) is 0 Å². The van der Waals surface area contributed by atoms with Crippen molar-refractivity contribution >= 4 is 24.1 Å². The average molecular weight is 203 g/mol. The van der Waals surface area contributed by atoms with E-state index < -0.39 is 5.97 Å². The van der Waals surface area contributed by atoms with Crippen LogP contribution in [-0.2, 0) is 11.2 Å². The number of carbonyl (C=O) groups is 1. The van der Waals surface area contributed by atoms with E-state index in [0.717, 1.165) is 0 Å². The van der Waals surface area contributed by atoms with Crippen molar-refractivity contribution in [3.63, 3.8) is 0 Å². The van der Waals surface area contributed by atoms with Crippen LogP contribution in [0.1, 0.15) is 5.56 Å². The van der Waals surface area contributed by atoms with Crippen LogP contribution >= 0.6 is 12.4 Å². The summed E-state index contributed by atoms with van der Waals surface area (Å²) >= 11 is 0. The highest BCUT2D eigenvalue weighted by molar-refractivity contribution is 5.85. The fraction of sp³-hybridized carbons (Fsp3) is 0.125. The number of aliphatic carboxylic acids is 1. The first-order valence-corrected chi connectivity index (χ1v) is 3.50. The molecule has 0 heterocycles. The molecule has 0 aromatic heterocycles. The van der Waals surface area contributed by atoms with Gasteiger partial charge in [0, 0.05) is 0 Å². The number of anilines is 1. The SMILES string of the molecule is Cl.NNc1ccccc1CC(=O)O. The van der Waals surface area contributed by atoms with E-state index in [9.17, 15) is 4.79 Å². The fourth-order valence-corrected chi connectivity index (χ4v) is 0.978. The van der Waals surface area contributed by atoms with E-state index in [0.29, 0.717) is 11.3 Å². The molecule has 0 radical (unpaired) electrons. The minimum Gasteiger partial charge on any atom is -0.481 e. The number of para-hydroxylation sites is 1. The quantitative estimate of drug-likeness (QED) is 0.505. The lowest BCUT2D eigenvalue weighted by Gasteiger charge is -2.04. The third kappa shape index (κ3) is 3.31. The molecule has 0 aliphatic carbocycles. The van der Waals surface area contributed by atoms with Crippen LogP contribution in [0.3, 0.4) is 0 Å². The number of nitrogens with two attached hydrogens (primary N) is 1. The van der Waals surface area contributed by atoms with Crippen LogP contribution in [0.5, 0.6) is 0 Å². The van der Waals surface area contributed by atoms with Crippen molar-refractivity contribution in [3.05, 3.63) is 29.8 Å². The molecule has 0 unspecified atom stereocenters. The van der Waals surface area contributed by atoms with E-state index in [1.807, 2.05) is 0 Å². The molecule has 4 nitrogen and oxygen atoms in total. The summed E-state index contributed by atoms with van der Waals surface area (Å²) in [7, 11) is 0. The first kappa shape index (κ1) is 11.7. The lowest BCUT2D eigenvalue weighted by Crippen LogP contribution is -2.11. The van der Waals surface area contributed by atoms with Crippen LogP contribution in [0.2, 0.25) is 0 Å². The Morgan fingerprint density at radius 1 is 1.46 bits per heavy atom. The van der Waals surface area contributed by atoms with Gasteiger partial charge in [0.25, 0.3) is 0 Å². The fourth-order valence-electron chi connectivity index (χ4n) is 0.978. The summed E-state index contributed by atoms with van der Waals surface area (Å²) in [6, 6.07) is 7.03. The van der Waals surface area contributed by atoms with Gasteiger partial charge in [0.15, 0.2) is 0 Å². The van der Waals surface area contributed by atoms with Gasteiger partial charge in [-0.3, -0.25) is 10.6 Å². The van der Waals surface area contributed by atoms with Crippen LogP contribution in [0.15, 0.2) is 24.3 Å². The van der Waals surface area contributed by atoms with Gasteiger partial charge in [-0.25, -0.2) is 0 Å². The number of hydrogen-bond donors (Lipinski definition) is 3. The highest BCUT2D eigenvalue weighted by Crippen LogP contribution is 2.13. The molecule has 0 amide bonds. The number of hydrogen-bond acceptors (Lipinski definition) is 3. The summed E-state index contributed by atoms with van der Waals surface area (Å²) in [6.07, 6.45) is -0.0135. The van der Waals surface area contributed by atoms with Crippen molar-refractivity contribution < 1.29 is 9.90 Å². The number of halogens is 1. The lowest BCUT2D eigenvalue weighted by atomic mass is 10.1. The molecule has 5 heteroatoms. The Morgan fingerprint density at radius 2 is 2.08 bits per heavy atom. The predicted molar refractivity (Wildman–Crippen MR) is 52.8 cm³/mol. The molecule has 0 bridgehead atoms. The molecule has 13 heavy (non-hydrogen) atoms. The Bertz CT molecular complexity index is 291. The summed E-state index contributed by atoms with van der Waals surface area (Å²) in [6.45, 7) is 0. The maximum absolute atomic E-state index is 10.4. The topological polar surface area (TPSA) is 75.3 Å². The number of carboxylic acids is 1. The molecule has 0 atom stereocenters. The van der Waals surface area contributed by atoms with Crippen LogP contribution in [0, 0.1) is 0 Å². The maximum atomic E-state index is 10.4. The van der Waals surface area contributed by atoms with Crippen LogP contribution < -0.4 is 11.3 Å². The first-order chi connectivity index (χ1) is 5.74. The van der Waals surface area contributed by atoms with Gasteiger partial charge in [-0.1, -0.05) is 18.2 Å². The zero-order valence-electron chi connectivity index (χ0n) is 6.86. The standard InChI is InChI=1S/C8H10N2O2.ClH/c9-10-7-4-2-1-3-6(7)5-8(11)12;/h1-4,10H,5,9H2,(H,11,12);1H. The highest BCUT2D eigenvalue weighted by Gasteiger charge is 2.03. The van der Waals surface area contributed by atoms with Gasteiger partial charge in [0.2, 0.25) is 0 Å². The van der Waals surface area contributed by atoms with E-state index in [2.05, 4.69) is 5.43 Å². The maximum Gasteiger partial charge on any atom is 0.307 e. The molecule has 4 N–H and O–H groups in total. The molecule has 0 aliphatic rings. The third-order valence-corrected chi connectivity index (χ3v) is 1.51. The van der Waals surface area contributed by atoms with E-state index in [-0.39, 0.29) is 18.8 Å². The number of nitrogen functional groups attached to an aromatic ring is 1. The number of nitrogens with one attached hydrogen (secondary N) is 1. The molecule has 0 saturated heterocycles. The Morgan fingerprint density at radius 3 is 2.62 bits per heavy atom. The predicted octanol–water partition coefficient (Wildman–Crippen LogP) is 1.02. The smallest absolute Gasteiger partial charge is 0.307 e. The molecular formula is C8H11ClN2O2. The number of rotatable bonds is 3. The summed E-state index contributed by atoms with van der Waals surface area (Å²) in [5, 5.41) is 8.52. The van der Waals surface area contributed by atoms with E-state index in [1.54, 1.807) is 24.3 Å². The zero-order valence-corrected chi connectivity index (χ0v) is 7.67. The molecule has 1 rings (SSSR count).